The second-order valence-electron chi connectivity index (χ2n) is 9.99. The van der Waals surface area contributed by atoms with Gasteiger partial charge in [0.15, 0.2) is 0 Å². The van der Waals surface area contributed by atoms with Crippen LogP contribution in [-0.4, -0.2) is 20.8 Å². The van der Waals surface area contributed by atoms with E-state index in [4.69, 9.17) is 14.7 Å². The SMILES string of the molecule is O[PH](O)(O)CCCCCCCCCCCCCCCCCC(c1ccccc1)c1ccccc1. The molecule has 0 bridgehead atoms. The van der Waals surface area contributed by atoms with Gasteiger partial charge in [-0.25, -0.2) is 0 Å². The second kappa shape index (κ2) is 18.1. The van der Waals surface area contributed by atoms with Crippen molar-refractivity contribution < 1.29 is 14.7 Å². The topological polar surface area (TPSA) is 60.7 Å². The first-order valence-corrected chi connectivity index (χ1v) is 15.9. The third-order valence-electron chi connectivity index (χ3n) is 6.91. The Morgan fingerprint density at radius 3 is 1.12 bits per heavy atom. The molecule has 2 aromatic rings. The zero-order chi connectivity index (χ0) is 24.3. The van der Waals surface area contributed by atoms with Crippen LogP contribution in [0, 0.1) is 0 Å². The molecule has 2 aromatic carbocycles. The minimum atomic E-state index is -3.79. The summed E-state index contributed by atoms with van der Waals surface area (Å²) in [7, 11) is -3.79. The minimum Gasteiger partial charge on any atom is -0.0622 e. The summed E-state index contributed by atoms with van der Waals surface area (Å²) in [6.07, 6.45) is 20.4. The summed E-state index contributed by atoms with van der Waals surface area (Å²) in [5, 5.41) is 0. The quantitative estimate of drug-likeness (QED) is 0.129. The van der Waals surface area contributed by atoms with Gasteiger partial charge in [-0.05, 0) is 17.5 Å². The Kier molecular flexibility index (Phi) is 15.4. The molecular formula is C30H49O3P. The van der Waals surface area contributed by atoms with Crippen LogP contribution >= 0.6 is 7.94 Å². The molecule has 0 aliphatic heterocycles. The smallest absolute Gasteiger partial charge is 0.0622 e. The van der Waals surface area contributed by atoms with Crippen molar-refractivity contribution >= 4 is 7.94 Å². The molecular weight excluding hydrogens is 439 g/mol. The molecule has 3 nitrogen and oxygen atoms in total. The predicted octanol–water partition coefficient (Wildman–Crippen LogP) is 8.53. The fourth-order valence-corrected chi connectivity index (χ4v) is 5.63. The van der Waals surface area contributed by atoms with Gasteiger partial charge in [0.05, 0.1) is 0 Å². The molecule has 0 atom stereocenters. The van der Waals surface area contributed by atoms with E-state index in [0.717, 1.165) is 19.3 Å². The maximum atomic E-state index is 8.98. The normalized spacial score (nSPS) is 12.4. The van der Waals surface area contributed by atoms with E-state index in [9.17, 15) is 0 Å². The number of hydrogen-bond acceptors (Lipinski definition) is 3. The molecule has 192 valence electrons. The van der Waals surface area contributed by atoms with Gasteiger partial charge in [-0.2, -0.15) is 0 Å². The van der Waals surface area contributed by atoms with Gasteiger partial charge in [-0.1, -0.05) is 86.3 Å². The van der Waals surface area contributed by atoms with E-state index in [1.165, 1.54) is 94.6 Å². The molecule has 0 radical (unpaired) electrons. The summed E-state index contributed by atoms with van der Waals surface area (Å²) in [6.45, 7) is 0. The standard InChI is InChI=1S/C30H49O3P/c31-34(32,33)27-21-13-11-9-7-5-3-1-2-4-6-8-10-12-20-26-30(28-22-16-14-17-23-28)29-24-18-15-19-25-29/h14-19,22-25,30-34H,1-13,20-21,26-27H2. The van der Waals surface area contributed by atoms with Crippen LogP contribution in [0.5, 0.6) is 0 Å². The molecule has 0 aliphatic carbocycles. The van der Waals surface area contributed by atoms with E-state index in [-0.39, 0.29) is 6.16 Å². The summed E-state index contributed by atoms with van der Waals surface area (Å²) in [5.41, 5.74) is 2.88. The van der Waals surface area contributed by atoms with E-state index < -0.39 is 7.94 Å². The van der Waals surface area contributed by atoms with Crippen LogP contribution in [0.4, 0.5) is 0 Å². The van der Waals surface area contributed by atoms with E-state index in [1.54, 1.807) is 0 Å². The first-order chi connectivity index (χ1) is 16.6. The summed E-state index contributed by atoms with van der Waals surface area (Å²) >= 11 is 0. The van der Waals surface area contributed by atoms with Crippen molar-refractivity contribution in [2.45, 2.75) is 109 Å². The van der Waals surface area contributed by atoms with Crippen LogP contribution < -0.4 is 0 Å². The number of hydrogen-bond donors (Lipinski definition) is 3. The average molecular weight is 489 g/mol. The second-order valence-corrected chi connectivity index (χ2v) is 12.0. The summed E-state index contributed by atoms with van der Waals surface area (Å²) in [5.74, 6) is 0.519. The Hall–Kier alpha value is -1.25. The van der Waals surface area contributed by atoms with Crippen molar-refractivity contribution in [1.82, 2.24) is 0 Å². The third kappa shape index (κ3) is 14.2. The number of benzene rings is 2. The molecule has 0 spiro atoms. The van der Waals surface area contributed by atoms with Crippen LogP contribution in [0.2, 0.25) is 0 Å². The van der Waals surface area contributed by atoms with Crippen molar-refractivity contribution in [3.8, 4) is 0 Å². The molecule has 0 saturated heterocycles. The van der Waals surface area contributed by atoms with Crippen LogP contribution in [0.1, 0.15) is 120 Å². The van der Waals surface area contributed by atoms with E-state index in [2.05, 4.69) is 60.7 Å². The van der Waals surface area contributed by atoms with E-state index in [1.807, 2.05) is 0 Å². The van der Waals surface area contributed by atoms with E-state index >= 15 is 0 Å². The fraction of sp³-hybridized carbons (Fsp3) is 0.600. The van der Waals surface area contributed by atoms with Crippen LogP contribution in [-0.2, 0) is 0 Å². The van der Waals surface area contributed by atoms with Crippen molar-refractivity contribution in [3.05, 3.63) is 71.8 Å². The van der Waals surface area contributed by atoms with Gasteiger partial charge in [0.1, 0.15) is 0 Å². The van der Waals surface area contributed by atoms with Gasteiger partial charge >= 0.3 is 99.4 Å². The third-order valence-corrected chi connectivity index (χ3v) is 7.93. The zero-order valence-corrected chi connectivity index (χ0v) is 22.2. The summed E-state index contributed by atoms with van der Waals surface area (Å²) in [4.78, 5) is 26.9. The molecule has 3 N–H and O–H groups in total. The van der Waals surface area contributed by atoms with E-state index in [0.29, 0.717) is 5.92 Å². The monoisotopic (exact) mass is 488 g/mol. The molecule has 34 heavy (non-hydrogen) atoms. The van der Waals surface area contributed by atoms with Crippen molar-refractivity contribution in [2.75, 3.05) is 6.16 Å². The Morgan fingerprint density at radius 1 is 0.441 bits per heavy atom. The molecule has 0 fully saturated rings. The Morgan fingerprint density at radius 2 is 0.765 bits per heavy atom. The molecule has 0 aliphatic rings. The molecule has 0 unspecified atom stereocenters. The Bertz CT molecular complexity index is 675. The summed E-state index contributed by atoms with van der Waals surface area (Å²) < 4.78 is 0. The van der Waals surface area contributed by atoms with Gasteiger partial charge in [0, 0.05) is 5.92 Å². The number of rotatable bonds is 20. The van der Waals surface area contributed by atoms with Gasteiger partial charge < -0.3 is 0 Å². The zero-order valence-electron chi connectivity index (χ0n) is 21.2. The van der Waals surface area contributed by atoms with Crippen LogP contribution in [0.15, 0.2) is 60.7 Å². The van der Waals surface area contributed by atoms with Crippen molar-refractivity contribution in [1.29, 1.82) is 0 Å². The van der Waals surface area contributed by atoms with Gasteiger partial charge in [-0.3, -0.25) is 0 Å². The fourth-order valence-electron chi connectivity index (χ4n) is 4.91. The number of unbranched alkanes of at least 4 members (excludes halogenated alkanes) is 14. The Labute approximate surface area is 209 Å². The van der Waals surface area contributed by atoms with Crippen molar-refractivity contribution in [3.63, 3.8) is 0 Å². The average Bonchev–Trinajstić information content (AvgIpc) is 2.84. The van der Waals surface area contributed by atoms with Crippen molar-refractivity contribution in [2.24, 2.45) is 0 Å². The molecule has 4 heteroatoms. The summed E-state index contributed by atoms with van der Waals surface area (Å²) in [6, 6.07) is 21.9. The molecule has 0 aromatic heterocycles. The molecule has 0 amide bonds. The molecule has 0 saturated carbocycles. The van der Waals surface area contributed by atoms with Gasteiger partial charge in [-0.15, -0.1) is 0 Å². The van der Waals surface area contributed by atoms with Crippen LogP contribution in [0.25, 0.3) is 0 Å². The predicted molar refractivity (Wildman–Crippen MR) is 148 cm³/mol. The van der Waals surface area contributed by atoms with Gasteiger partial charge in [0.2, 0.25) is 0 Å². The maximum absolute atomic E-state index is 8.98. The Balaban J connectivity index is 1.41. The first-order valence-electron chi connectivity index (χ1n) is 13.8. The van der Waals surface area contributed by atoms with Crippen LogP contribution in [0.3, 0.4) is 0 Å². The minimum absolute atomic E-state index is 0.189. The van der Waals surface area contributed by atoms with Gasteiger partial charge in [0.25, 0.3) is 0 Å². The molecule has 0 heterocycles. The first kappa shape index (κ1) is 29.0. The molecule has 2 rings (SSSR count).